The molecule has 136 valence electrons. The molecule has 1 atom stereocenters. The number of hydrogen-bond donors (Lipinski definition) is 1. The molecular formula is C21H22BrNO3. The van der Waals surface area contributed by atoms with Crippen molar-refractivity contribution < 1.29 is 14.3 Å². The molecule has 1 amide bonds. The normalized spacial score (nSPS) is 12.1. The minimum absolute atomic E-state index is 0.248. The van der Waals surface area contributed by atoms with E-state index >= 15 is 0 Å². The summed E-state index contributed by atoms with van der Waals surface area (Å²) >= 11 is 3.25. The Morgan fingerprint density at radius 3 is 1.92 bits per heavy atom. The van der Waals surface area contributed by atoms with Gasteiger partial charge >= 0.3 is 5.97 Å². The standard InChI is InChI=1S/C21H22BrNO3/c1-15(22)14-18(19(24)26-3)23-20(25)21(2,16-10-6-4-7-11-16)17-12-8-5-9-13-17/h4-13,18H,1,14H2,2-3H3,(H,23,25)/t18-/m1/s1. The van der Waals surface area contributed by atoms with Crippen LogP contribution in [0.5, 0.6) is 0 Å². The van der Waals surface area contributed by atoms with Gasteiger partial charge in [0.05, 0.1) is 12.5 Å². The Kier molecular flexibility index (Phi) is 6.75. The van der Waals surface area contributed by atoms with Crippen LogP contribution < -0.4 is 5.32 Å². The third kappa shape index (κ3) is 4.41. The Hall–Kier alpha value is -2.40. The van der Waals surface area contributed by atoms with Gasteiger partial charge < -0.3 is 10.1 Å². The second kappa shape index (κ2) is 8.81. The molecule has 0 aliphatic heterocycles. The molecule has 0 spiro atoms. The molecule has 0 aliphatic rings. The maximum atomic E-state index is 13.3. The zero-order valence-corrected chi connectivity index (χ0v) is 16.5. The Bertz CT molecular complexity index is 735. The first kappa shape index (κ1) is 19.9. The van der Waals surface area contributed by atoms with E-state index in [1.165, 1.54) is 7.11 Å². The van der Waals surface area contributed by atoms with Crippen LogP contribution in [0.15, 0.2) is 71.7 Å². The van der Waals surface area contributed by atoms with Gasteiger partial charge in [0.2, 0.25) is 5.91 Å². The molecule has 0 saturated carbocycles. The molecule has 4 nitrogen and oxygen atoms in total. The van der Waals surface area contributed by atoms with Crippen molar-refractivity contribution in [1.29, 1.82) is 0 Å². The summed E-state index contributed by atoms with van der Waals surface area (Å²) in [6, 6.07) is 18.2. The van der Waals surface area contributed by atoms with Crippen molar-refractivity contribution in [2.45, 2.75) is 24.8 Å². The molecule has 0 unspecified atom stereocenters. The molecule has 0 bridgehead atoms. The summed E-state index contributed by atoms with van der Waals surface area (Å²) in [5.41, 5.74) is 0.720. The molecule has 0 fully saturated rings. The molecule has 2 rings (SSSR count). The lowest BCUT2D eigenvalue weighted by atomic mass is 9.75. The van der Waals surface area contributed by atoms with Gasteiger partial charge in [-0.3, -0.25) is 4.79 Å². The lowest BCUT2D eigenvalue weighted by Crippen LogP contribution is -2.50. The van der Waals surface area contributed by atoms with Crippen LogP contribution in [-0.4, -0.2) is 25.0 Å². The van der Waals surface area contributed by atoms with E-state index < -0.39 is 17.4 Å². The lowest BCUT2D eigenvalue weighted by Gasteiger charge is -2.31. The number of methoxy groups -OCH3 is 1. The molecule has 0 aromatic heterocycles. The predicted octanol–water partition coefficient (Wildman–Crippen LogP) is 3.95. The van der Waals surface area contributed by atoms with Gasteiger partial charge in [0.1, 0.15) is 6.04 Å². The fourth-order valence-corrected chi connectivity index (χ4v) is 3.16. The van der Waals surface area contributed by atoms with Crippen LogP contribution >= 0.6 is 15.9 Å². The molecule has 2 aromatic carbocycles. The van der Waals surface area contributed by atoms with E-state index in [0.29, 0.717) is 4.48 Å². The smallest absolute Gasteiger partial charge is 0.328 e. The number of hydrogen-bond acceptors (Lipinski definition) is 3. The number of esters is 1. The monoisotopic (exact) mass is 415 g/mol. The van der Waals surface area contributed by atoms with Gasteiger partial charge in [-0.05, 0) is 22.5 Å². The van der Waals surface area contributed by atoms with Gasteiger partial charge in [-0.1, -0.05) is 83.2 Å². The molecule has 0 saturated heterocycles. The number of benzene rings is 2. The number of carbonyl (C=O) groups is 2. The van der Waals surface area contributed by atoms with Crippen LogP contribution in [-0.2, 0) is 19.7 Å². The van der Waals surface area contributed by atoms with Crippen molar-refractivity contribution in [3.8, 4) is 0 Å². The number of ether oxygens (including phenoxy) is 1. The van der Waals surface area contributed by atoms with E-state index in [2.05, 4.69) is 27.8 Å². The highest BCUT2D eigenvalue weighted by Gasteiger charge is 2.39. The van der Waals surface area contributed by atoms with Crippen LogP contribution in [0.25, 0.3) is 0 Å². The molecule has 5 heteroatoms. The van der Waals surface area contributed by atoms with E-state index in [1.807, 2.05) is 67.6 Å². The summed E-state index contributed by atoms with van der Waals surface area (Å²) in [4.78, 5) is 25.4. The summed E-state index contributed by atoms with van der Waals surface area (Å²) < 4.78 is 5.43. The van der Waals surface area contributed by atoms with Crippen molar-refractivity contribution in [2.75, 3.05) is 7.11 Å². The molecule has 26 heavy (non-hydrogen) atoms. The van der Waals surface area contributed by atoms with Crippen LogP contribution in [0.4, 0.5) is 0 Å². The Labute approximate surface area is 162 Å². The average molecular weight is 416 g/mol. The number of halogens is 1. The van der Waals surface area contributed by atoms with Gasteiger partial charge in [-0.2, -0.15) is 0 Å². The third-order valence-corrected chi connectivity index (χ3v) is 4.70. The second-order valence-electron chi connectivity index (χ2n) is 6.13. The topological polar surface area (TPSA) is 55.4 Å². The van der Waals surface area contributed by atoms with Gasteiger partial charge in [0.15, 0.2) is 0 Å². The first-order valence-corrected chi connectivity index (χ1v) is 9.02. The summed E-state index contributed by atoms with van der Waals surface area (Å²) in [5.74, 6) is -0.790. The maximum Gasteiger partial charge on any atom is 0.328 e. The van der Waals surface area contributed by atoms with Crippen molar-refractivity contribution in [2.24, 2.45) is 0 Å². The third-order valence-electron chi connectivity index (χ3n) is 4.37. The fourth-order valence-electron chi connectivity index (χ4n) is 2.83. The Morgan fingerprint density at radius 1 is 1.08 bits per heavy atom. The minimum atomic E-state index is -0.956. The zero-order valence-electron chi connectivity index (χ0n) is 14.9. The average Bonchev–Trinajstić information content (AvgIpc) is 2.67. The van der Waals surface area contributed by atoms with Crippen molar-refractivity contribution in [3.05, 3.63) is 82.9 Å². The van der Waals surface area contributed by atoms with E-state index in [0.717, 1.165) is 11.1 Å². The molecular weight excluding hydrogens is 394 g/mol. The highest BCUT2D eigenvalue weighted by molar-refractivity contribution is 9.11. The number of rotatable bonds is 7. The number of nitrogens with one attached hydrogen (secondary N) is 1. The van der Waals surface area contributed by atoms with Crippen LogP contribution in [0, 0.1) is 0 Å². The first-order chi connectivity index (χ1) is 12.4. The first-order valence-electron chi connectivity index (χ1n) is 8.22. The van der Waals surface area contributed by atoms with E-state index in [9.17, 15) is 9.59 Å². The largest absolute Gasteiger partial charge is 0.467 e. The van der Waals surface area contributed by atoms with Gasteiger partial charge in [0, 0.05) is 6.42 Å². The zero-order chi connectivity index (χ0) is 19.2. The van der Waals surface area contributed by atoms with E-state index in [1.54, 1.807) is 0 Å². The van der Waals surface area contributed by atoms with Crippen LogP contribution in [0.1, 0.15) is 24.5 Å². The summed E-state index contributed by atoms with van der Waals surface area (Å²) in [6.45, 7) is 5.61. The predicted molar refractivity (Wildman–Crippen MR) is 106 cm³/mol. The van der Waals surface area contributed by atoms with Crippen molar-refractivity contribution >= 4 is 27.8 Å². The Balaban J connectivity index is 2.44. The molecule has 0 aliphatic carbocycles. The number of amides is 1. The fraction of sp³-hybridized carbons (Fsp3) is 0.238. The molecule has 0 heterocycles. The summed E-state index contributed by atoms with van der Waals surface area (Å²) in [5, 5.41) is 2.83. The highest BCUT2D eigenvalue weighted by Crippen LogP contribution is 2.32. The molecule has 2 aromatic rings. The SMILES string of the molecule is C=C(Br)C[C@@H](NC(=O)C(C)(c1ccccc1)c1ccccc1)C(=O)OC. The summed E-state index contributed by atoms with van der Waals surface area (Å²) in [6.07, 6.45) is 0.248. The van der Waals surface area contributed by atoms with E-state index in [4.69, 9.17) is 4.74 Å². The van der Waals surface area contributed by atoms with E-state index in [-0.39, 0.29) is 12.3 Å². The van der Waals surface area contributed by atoms with Gasteiger partial charge in [-0.25, -0.2) is 4.79 Å². The van der Waals surface area contributed by atoms with Crippen molar-refractivity contribution in [1.82, 2.24) is 5.32 Å². The maximum absolute atomic E-state index is 13.3. The lowest BCUT2D eigenvalue weighted by molar-refractivity contribution is -0.145. The summed E-state index contributed by atoms with van der Waals surface area (Å²) in [7, 11) is 1.30. The Morgan fingerprint density at radius 2 is 1.54 bits per heavy atom. The molecule has 1 N–H and O–H groups in total. The number of carbonyl (C=O) groups excluding carboxylic acids is 2. The second-order valence-corrected chi connectivity index (χ2v) is 7.25. The van der Waals surface area contributed by atoms with Crippen LogP contribution in [0.3, 0.4) is 0 Å². The quantitative estimate of drug-likeness (QED) is 0.696. The van der Waals surface area contributed by atoms with Gasteiger partial charge in [-0.15, -0.1) is 0 Å². The highest BCUT2D eigenvalue weighted by atomic mass is 79.9. The minimum Gasteiger partial charge on any atom is -0.467 e. The van der Waals surface area contributed by atoms with Gasteiger partial charge in [0.25, 0.3) is 0 Å². The van der Waals surface area contributed by atoms with Crippen molar-refractivity contribution in [3.63, 3.8) is 0 Å². The van der Waals surface area contributed by atoms with Crippen LogP contribution in [0.2, 0.25) is 0 Å². The molecule has 0 radical (unpaired) electrons.